The fraction of sp³-hybridized carbons (Fsp3) is 0. The quantitative estimate of drug-likeness (QED) is 0.266. The highest BCUT2D eigenvalue weighted by Gasteiger charge is 2.19. The monoisotopic (exact) mass is 436 g/mol. The molecule has 2 heterocycles. The van der Waals surface area contributed by atoms with Crippen LogP contribution in [0.4, 0.5) is 0 Å². The van der Waals surface area contributed by atoms with E-state index in [4.69, 9.17) is 11.6 Å². The second-order valence-electron chi connectivity index (χ2n) is 7.41. The molecule has 0 saturated heterocycles. The molecule has 4 nitrogen and oxygen atoms in total. The van der Waals surface area contributed by atoms with E-state index in [1.165, 1.54) is 6.08 Å². The van der Waals surface area contributed by atoms with Gasteiger partial charge >= 0.3 is 0 Å². The van der Waals surface area contributed by atoms with Crippen LogP contribution < -0.4 is 5.56 Å². The molecule has 0 amide bonds. The van der Waals surface area contributed by atoms with Crippen molar-refractivity contribution in [2.24, 2.45) is 0 Å². The minimum atomic E-state index is -0.434. The second-order valence-corrected chi connectivity index (χ2v) is 7.85. The maximum absolute atomic E-state index is 13.3. The fourth-order valence-corrected chi connectivity index (χ4v) is 4.03. The predicted molar refractivity (Wildman–Crippen MR) is 130 cm³/mol. The van der Waals surface area contributed by atoms with Crippen molar-refractivity contribution in [1.82, 2.24) is 9.97 Å². The van der Waals surface area contributed by atoms with Gasteiger partial charge in [0.25, 0.3) is 5.56 Å². The van der Waals surface area contributed by atoms with Gasteiger partial charge in [0.15, 0.2) is 5.78 Å². The third kappa shape index (κ3) is 3.72. The number of rotatable bonds is 4. The molecular weight excluding hydrogens is 420 g/mol. The minimum absolute atomic E-state index is 0.0877. The van der Waals surface area contributed by atoms with Gasteiger partial charge in [-0.3, -0.25) is 14.6 Å². The van der Waals surface area contributed by atoms with Gasteiger partial charge in [-0.15, -0.1) is 0 Å². The molecule has 0 spiro atoms. The lowest BCUT2D eigenvalue weighted by molar-refractivity contribution is 0.104. The van der Waals surface area contributed by atoms with Crippen molar-refractivity contribution in [3.05, 3.63) is 118 Å². The van der Waals surface area contributed by atoms with Crippen molar-refractivity contribution in [2.45, 2.75) is 0 Å². The summed E-state index contributed by atoms with van der Waals surface area (Å²) in [6.45, 7) is 0. The SMILES string of the molecule is O=C(/C=C/c1ccc2ncccc2c1)c1c(-c2ccccc2)c2cc(Cl)ccc2[nH]c1=O. The lowest BCUT2D eigenvalue weighted by Gasteiger charge is -2.11. The Kier molecular flexibility index (Phi) is 5.13. The molecule has 0 aliphatic rings. The topological polar surface area (TPSA) is 62.8 Å². The van der Waals surface area contributed by atoms with Gasteiger partial charge in [0.05, 0.1) is 11.1 Å². The number of aromatic nitrogens is 2. The smallest absolute Gasteiger partial charge is 0.260 e. The Morgan fingerprint density at radius 2 is 1.78 bits per heavy atom. The van der Waals surface area contributed by atoms with Crippen LogP contribution in [0, 0.1) is 0 Å². The Labute approximate surface area is 188 Å². The maximum atomic E-state index is 13.3. The first-order valence-electron chi connectivity index (χ1n) is 10.1. The highest BCUT2D eigenvalue weighted by Crippen LogP contribution is 2.31. The lowest BCUT2D eigenvalue weighted by atomic mass is 9.94. The van der Waals surface area contributed by atoms with Gasteiger partial charge in [-0.25, -0.2) is 0 Å². The molecule has 5 rings (SSSR count). The fourth-order valence-electron chi connectivity index (χ4n) is 3.86. The summed E-state index contributed by atoms with van der Waals surface area (Å²) in [5, 5.41) is 2.22. The minimum Gasteiger partial charge on any atom is -0.321 e. The summed E-state index contributed by atoms with van der Waals surface area (Å²) in [5.74, 6) is -0.377. The molecule has 32 heavy (non-hydrogen) atoms. The molecule has 0 aliphatic carbocycles. The average Bonchev–Trinajstić information content (AvgIpc) is 2.82. The molecule has 0 unspecified atom stereocenters. The van der Waals surface area contributed by atoms with Crippen LogP contribution in [-0.2, 0) is 0 Å². The van der Waals surface area contributed by atoms with E-state index in [2.05, 4.69) is 9.97 Å². The van der Waals surface area contributed by atoms with Gasteiger partial charge in [0.1, 0.15) is 0 Å². The average molecular weight is 437 g/mol. The number of hydrogen-bond acceptors (Lipinski definition) is 3. The summed E-state index contributed by atoms with van der Waals surface area (Å²) >= 11 is 6.24. The number of benzene rings is 3. The maximum Gasteiger partial charge on any atom is 0.260 e. The number of H-pyrrole nitrogens is 1. The Morgan fingerprint density at radius 3 is 2.62 bits per heavy atom. The van der Waals surface area contributed by atoms with Crippen molar-refractivity contribution in [3.63, 3.8) is 0 Å². The molecule has 0 saturated carbocycles. The number of pyridine rings is 2. The van der Waals surface area contributed by atoms with Crippen LogP contribution >= 0.6 is 11.6 Å². The number of nitrogens with one attached hydrogen (secondary N) is 1. The van der Waals surface area contributed by atoms with Crippen LogP contribution in [-0.4, -0.2) is 15.8 Å². The number of carbonyl (C=O) groups is 1. The first-order valence-corrected chi connectivity index (χ1v) is 10.5. The third-order valence-corrected chi connectivity index (χ3v) is 5.57. The van der Waals surface area contributed by atoms with E-state index >= 15 is 0 Å². The number of halogens is 1. The molecule has 2 aromatic heterocycles. The number of allylic oxidation sites excluding steroid dienone is 1. The molecule has 154 valence electrons. The van der Waals surface area contributed by atoms with Gasteiger partial charge in [-0.2, -0.15) is 0 Å². The van der Waals surface area contributed by atoms with Crippen molar-refractivity contribution < 1.29 is 4.79 Å². The Bertz CT molecular complexity index is 1570. The van der Waals surface area contributed by atoms with Crippen molar-refractivity contribution in [1.29, 1.82) is 0 Å². The van der Waals surface area contributed by atoms with E-state index in [0.29, 0.717) is 16.1 Å². The Balaban J connectivity index is 1.65. The van der Waals surface area contributed by atoms with Crippen molar-refractivity contribution in [2.75, 3.05) is 0 Å². The first kappa shape index (κ1) is 19.9. The van der Waals surface area contributed by atoms with Gasteiger partial charge in [0.2, 0.25) is 0 Å². The second kappa shape index (κ2) is 8.25. The molecule has 0 fully saturated rings. The zero-order valence-corrected chi connectivity index (χ0v) is 17.6. The van der Waals surface area contributed by atoms with Crippen LogP contribution in [0.1, 0.15) is 15.9 Å². The normalized spacial score (nSPS) is 11.4. The number of ketones is 1. The van der Waals surface area contributed by atoms with Crippen LogP contribution in [0.5, 0.6) is 0 Å². The van der Waals surface area contributed by atoms with Crippen LogP contribution in [0.25, 0.3) is 39.0 Å². The van der Waals surface area contributed by atoms with Gasteiger partial charge in [-0.1, -0.05) is 60.1 Å². The van der Waals surface area contributed by atoms with E-state index in [-0.39, 0.29) is 11.3 Å². The number of aromatic amines is 1. The summed E-state index contributed by atoms with van der Waals surface area (Å²) in [4.78, 5) is 33.4. The van der Waals surface area contributed by atoms with E-state index in [0.717, 1.165) is 27.4 Å². The van der Waals surface area contributed by atoms with Crippen molar-refractivity contribution >= 4 is 45.3 Å². The number of fused-ring (bicyclic) bond motifs is 2. The summed E-state index contributed by atoms with van der Waals surface area (Å²) in [6.07, 6.45) is 4.89. The molecular formula is C27H17ClN2O2. The third-order valence-electron chi connectivity index (χ3n) is 5.34. The van der Waals surface area contributed by atoms with Gasteiger partial charge in [-0.05, 0) is 53.6 Å². The zero-order valence-electron chi connectivity index (χ0n) is 16.9. The van der Waals surface area contributed by atoms with Crippen molar-refractivity contribution in [3.8, 4) is 11.1 Å². The van der Waals surface area contributed by atoms with E-state index < -0.39 is 5.56 Å². The summed E-state index contributed by atoms with van der Waals surface area (Å²) < 4.78 is 0. The summed E-state index contributed by atoms with van der Waals surface area (Å²) in [5.41, 5.74) is 3.36. The van der Waals surface area contributed by atoms with Crippen LogP contribution in [0.3, 0.4) is 0 Å². The predicted octanol–water partition coefficient (Wildman–Crippen LogP) is 6.29. The number of nitrogens with zero attached hydrogens (tertiary/aromatic N) is 1. The molecule has 0 bridgehead atoms. The lowest BCUT2D eigenvalue weighted by Crippen LogP contribution is -2.18. The van der Waals surface area contributed by atoms with E-state index in [1.807, 2.05) is 60.7 Å². The number of carbonyl (C=O) groups excluding carboxylic acids is 1. The molecule has 3 aromatic carbocycles. The Morgan fingerprint density at radius 1 is 0.938 bits per heavy atom. The van der Waals surface area contributed by atoms with E-state index in [9.17, 15) is 9.59 Å². The van der Waals surface area contributed by atoms with E-state index in [1.54, 1.807) is 30.5 Å². The molecule has 0 aliphatic heterocycles. The van der Waals surface area contributed by atoms with Crippen LogP contribution in [0.15, 0.2) is 95.9 Å². The van der Waals surface area contributed by atoms with Gasteiger partial charge in [0, 0.05) is 33.1 Å². The molecule has 0 atom stereocenters. The largest absolute Gasteiger partial charge is 0.321 e. The van der Waals surface area contributed by atoms with Crippen LogP contribution in [0.2, 0.25) is 5.02 Å². The molecule has 1 N–H and O–H groups in total. The number of hydrogen-bond donors (Lipinski definition) is 1. The van der Waals surface area contributed by atoms with Gasteiger partial charge < -0.3 is 4.98 Å². The Hall–Kier alpha value is -4.02. The molecule has 5 aromatic rings. The molecule has 0 radical (unpaired) electrons. The standard InChI is InChI=1S/C27H17ClN2O2/c28-20-10-12-23-21(16-20)25(18-5-2-1-3-6-18)26(27(32)30-23)24(31)13-9-17-8-11-22-19(15-17)7-4-14-29-22/h1-16H,(H,30,32)/b13-9+. The highest BCUT2D eigenvalue weighted by molar-refractivity contribution is 6.31. The first-order chi connectivity index (χ1) is 15.6. The highest BCUT2D eigenvalue weighted by atomic mass is 35.5. The zero-order chi connectivity index (χ0) is 22.1. The summed E-state index contributed by atoms with van der Waals surface area (Å²) in [6, 6.07) is 24.2. The molecule has 5 heteroatoms. The summed E-state index contributed by atoms with van der Waals surface area (Å²) in [7, 11) is 0.